The molecule has 1 N–H and O–H groups in total. The Kier molecular flexibility index (Phi) is 7.00. The molecule has 0 atom stereocenters. The van der Waals surface area contributed by atoms with Gasteiger partial charge in [0.1, 0.15) is 0 Å². The molecule has 2 aromatic carbocycles. The fourth-order valence-corrected chi connectivity index (χ4v) is 3.07. The first-order valence-corrected chi connectivity index (χ1v) is 10.1. The molecule has 152 valence electrons. The Labute approximate surface area is 171 Å². The van der Waals surface area contributed by atoms with Crippen molar-refractivity contribution in [2.45, 2.75) is 46.0 Å². The number of rotatable bonds is 9. The highest BCUT2D eigenvalue weighted by Crippen LogP contribution is 2.24. The van der Waals surface area contributed by atoms with E-state index < -0.39 is 0 Å². The monoisotopic (exact) mass is 392 g/mol. The van der Waals surface area contributed by atoms with Crippen molar-refractivity contribution in [2.75, 3.05) is 12.4 Å². The molecule has 1 amide bonds. The summed E-state index contributed by atoms with van der Waals surface area (Å²) in [6, 6.07) is 16.0. The summed E-state index contributed by atoms with van der Waals surface area (Å²) in [5, 5.41) is 7.40. The van der Waals surface area contributed by atoms with E-state index in [9.17, 15) is 4.79 Å². The smallest absolute Gasteiger partial charge is 0.336 e. The van der Waals surface area contributed by atoms with Gasteiger partial charge in [-0.1, -0.05) is 56.0 Å². The maximum absolute atomic E-state index is 12.1. The van der Waals surface area contributed by atoms with Gasteiger partial charge in [0, 0.05) is 17.7 Å². The summed E-state index contributed by atoms with van der Waals surface area (Å²) in [7, 11) is 1.55. The predicted molar refractivity (Wildman–Crippen MR) is 115 cm³/mol. The van der Waals surface area contributed by atoms with E-state index in [4.69, 9.17) is 4.74 Å². The maximum atomic E-state index is 12.1. The highest BCUT2D eigenvalue weighted by atomic mass is 16.5. The summed E-state index contributed by atoms with van der Waals surface area (Å²) >= 11 is 0. The van der Waals surface area contributed by atoms with Gasteiger partial charge < -0.3 is 10.1 Å². The van der Waals surface area contributed by atoms with Crippen molar-refractivity contribution in [2.24, 2.45) is 0 Å². The van der Waals surface area contributed by atoms with E-state index >= 15 is 0 Å². The van der Waals surface area contributed by atoms with E-state index in [1.165, 1.54) is 18.4 Å². The van der Waals surface area contributed by atoms with Crippen molar-refractivity contribution in [3.8, 4) is 23.1 Å². The SMILES string of the molecule is CCCCCCC(=O)Nc1ccc(-n2nc(OC)nc2-c2ccc(C)cc2)cc1. The van der Waals surface area contributed by atoms with Crippen LogP contribution in [0.5, 0.6) is 6.01 Å². The van der Waals surface area contributed by atoms with Crippen LogP contribution < -0.4 is 10.1 Å². The second kappa shape index (κ2) is 9.87. The average molecular weight is 393 g/mol. The molecule has 1 heterocycles. The Morgan fingerprint density at radius 1 is 1.03 bits per heavy atom. The van der Waals surface area contributed by atoms with E-state index in [-0.39, 0.29) is 5.91 Å². The number of aryl methyl sites for hydroxylation is 1. The predicted octanol–water partition coefficient (Wildman–Crippen LogP) is 5.16. The summed E-state index contributed by atoms with van der Waals surface area (Å²) in [6.45, 7) is 4.21. The third-order valence-corrected chi connectivity index (χ3v) is 4.73. The van der Waals surface area contributed by atoms with Gasteiger partial charge in [-0.25, -0.2) is 4.68 Å². The molecule has 0 aliphatic heterocycles. The Bertz CT molecular complexity index is 931. The summed E-state index contributed by atoms with van der Waals surface area (Å²) in [4.78, 5) is 16.6. The van der Waals surface area contributed by atoms with Crippen molar-refractivity contribution in [1.29, 1.82) is 0 Å². The van der Waals surface area contributed by atoms with Crippen LogP contribution in [-0.4, -0.2) is 27.8 Å². The van der Waals surface area contributed by atoms with Crippen molar-refractivity contribution in [1.82, 2.24) is 14.8 Å². The fraction of sp³-hybridized carbons (Fsp3) is 0.348. The molecule has 0 unspecified atom stereocenters. The molecule has 0 radical (unpaired) electrons. The first kappa shape index (κ1) is 20.6. The van der Waals surface area contributed by atoms with Gasteiger partial charge in [0.2, 0.25) is 5.91 Å². The minimum atomic E-state index is 0.0524. The second-order valence-corrected chi connectivity index (χ2v) is 7.11. The first-order valence-electron chi connectivity index (χ1n) is 10.1. The Hall–Kier alpha value is -3.15. The number of unbranched alkanes of at least 4 members (excludes halogenated alkanes) is 3. The highest BCUT2D eigenvalue weighted by molar-refractivity contribution is 5.90. The lowest BCUT2D eigenvalue weighted by atomic mass is 10.1. The lowest BCUT2D eigenvalue weighted by molar-refractivity contribution is -0.116. The topological polar surface area (TPSA) is 69.0 Å². The molecule has 0 bridgehead atoms. The number of carbonyl (C=O) groups is 1. The van der Waals surface area contributed by atoms with Crippen molar-refractivity contribution in [3.05, 3.63) is 54.1 Å². The van der Waals surface area contributed by atoms with Gasteiger partial charge in [-0.15, -0.1) is 5.10 Å². The van der Waals surface area contributed by atoms with E-state index in [1.807, 2.05) is 55.5 Å². The molecule has 6 nitrogen and oxygen atoms in total. The minimum absolute atomic E-state index is 0.0524. The van der Waals surface area contributed by atoms with Crippen molar-refractivity contribution < 1.29 is 9.53 Å². The molecule has 0 spiro atoms. The zero-order valence-corrected chi connectivity index (χ0v) is 17.3. The average Bonchev–Trinajstić information content (AvgIpc) is 3.17. The number of benzene rings is 2. The molecule has 0 saturated heterocycles. The van der Waals surface area contributed by atoms with Crippen LogP contribution in [0.1, 0.15) is 44.6 Å². The van der Waals surface area contributed by atoms with Crippen molar-refractivity contribution >= 4 is 11.6 Å². The molecular weight excluding hydrogens is 364 g/mol. The Morgan fingerprint density at radius 3 is 2.41 bits per heavy atom. The molecule has 1 aromatic heterocycles. The summed E-state index contributed by atoms with van der Waals surface area (Å²) < 4.78 is 6.98. The number of nitrogens with one attached hydrogen (secondary N) is 1. The van der Waals surface area contributed by atoms with Gasteiger partial charge in [-0.2, -0.15) is 4.98 Å². The van der Waals surface area contributed by atoms with E-state index in [0.29, 0.717) is 18.3 Å². The highest BCUT2D eigenvalue weighted by Gasteiger charge is 2.14. The number of hydrogen-bond donors (Lipinski definition) is 1. The molecule has 3 aromatic rings. The number of hydrogen-bond acceptors (Lipinski definition) is 4. The quantitative estimate of drug-likeness (QED) is 0.511. The standard InChI is InChI=1S/C23H28N4O2/c1-4-5-6-7-8-21(28)24-19-13-15-20(16-14-19)27-22(25-23(26-27)29-3)18-11-9-17(2)10-12-18/h9-16H,4-8H2,1-3H3,(H,24,28). The zero-order valence-electron chi connectivity index (χ0n) is 17.3. The van der Waals surface area contributed by atoms with Crippen LogP contribution in [0.3, 0.4) is 0 Å². The van der Waals surface area contributed by atoms with Gasteiger partial charge in [0.05, 0.1) is 12.8 Å². The number of methoxy groups -OCH3 is 1. The first-order chi connectivity index (χ1) is 14.1. The molecular formula is C23H28N4O2. The summed E-state index contributed by atoms with van der Waals surface area (Å²) in [5.41, 5.74) is 3.76. The minimum Gasteiger partial charge on any atom is -0.466 e. The van der Waals surface area contributed by atoms with Gasteiger partial charge in [0.25, 0.3) is 0 Å². The largest absolute Gasteiger partial charge is 0.466 e. The van der Waals surface area contributed by atoms with Crippen LogP contribution in [0.15, 0.2) is 48.5 Å². The maximum Gasteiger partial charge on any atom is 0.336 e. The van der Waals surface area contributed by atoms with Gasteiger partial charge >= 0.3 is 6.01 Å². The summed E-state index contributed by atoms with van der Waals surface area (Å²) in [5.74, 6) is 0.756. The third kappa shape index (κ3) is 5.44. The number of amides is 1. The number of nitrogens with zero attached hydrogens (tertiary/aromatic N) is 3. The number of aromatic nitrogens is 3. The number of anilines is 1. The normalized spacial score (nSPS) is 10.7. The van der Waals surface area contributed by atoms with E-state index in [2.05, 4.69) is 22.3 Å². The molecule has 0 saturated carbocycles. The van der Waals surface area contributed by atoms with E-state index in [1.54, 1.807) is 11.8 Å². The van der Waals surface area contributed by atoms with Crippen LogP contribution in [0.25, 0.3) is 17.1 Å². The van der Waals surface area contributed by atoms with E-state index in [0.717, 1.165) is 29.8 Å². The lowest BCUT2D eigenvalue weighted by Crippen LogP contribution is -2.11. The van der Waals surface area contributed by atoms with Crippen molar-refractivity contribution in [3.63, 3.8) is 0 Å². The zero-order chi connectivity index (χ0) is 20.6. The molecule has 0 aliphatic rings. The van der Waals surface area contributed by atoms with Crippen LogP contribution in [-0.2, 0) is 4.79 Å². The Balaban J connectivity index is 1.75. The number of ether oxygens (including phenoxy) is 1. The van der Waals surface area contributed by atoms with Crippen LogP contribution in [0.4, 0.5) is 5.69 Å². The lowest BCUT2D eigenvalue weighted by Gasteiger charge is -2.09. The number of carbonyl (C=O) groups excluding carboxylic acids is 1. The molecule has 6 heteroatoms. The van der Waals surface area contributed by atoms with Crippen LogP contribution >= 0.6 is 0 Å². The molecule has 29 heavy (non-hydrogen) atoms. The molecule has 3 rings (SSSR count). The molecule has 0 aliphatic carbocycles. The van der Waals surface area contributed by atoms with Gasteiger partial charge in [-0.3, -0.25) is 4.79 Å². The fourth-order valence-electron chi connectivity index (χ4n) is 3.07. The molecule has 0 fully saturated rings. The second-order valence-electron chi connectivity index (χ2n) is 7.11. The summed E-state index contributed by atoms with van der Waals surface area (Å²) in [6.07, 6.45) is 4.92. The Morgan fingerprint density at radius 2 is 1.76 bits per heavy atom. The third-order valence-electron chi connectivity index (χ3n) is 4.73. The van der Waals surface area contributed by atoms with Crippen LogP contribution in [0, 0.1) is 6.92 Å². The van der Waals surface area contributed by atoms with Gasteiger partial charge in [0.15, 0.2) is 5.82 Å². The van der Waals surface area contributed by atoms with Crippen LogP contribution in [0.2, 0.25) is 0 Å². The van der Waals surface area contributed by atoms with Gasteiger partial charge in [-0.05, 0) is 37.6 Å².